The summed E-state index contributed by atoms with van der Waals surface area (Å²) in [6.07, 6.45) is -0.185. The SMILES string of the molecule is CC(C)Oc1c(CN2C(=O)c3ccccc3C2=O)n(C)c(=O)c2ccc(Cl)cc12. The van der Waals surface area contributed by atoms with Crippen LogP contribution in [0.25, 0.3) is 10.8 Å². The Bertz CT molecular complexity index is 1190. The number of aromatic nitrogens is 1. The minimum absolute atomic E-state index is 0.0808. The van der Waals surface area contributed by atoms with Gasteiger partial charge < -0.3 is 9.30 Å². The van der Waals surface area contributed by atoms with Crippen molar-refractivity contribution >= 4 is 34.2 Å². The Morgan fingerprint density at radius 2 is 1.59 bits per heavy atom. The zero-order valence-corrected chi connectivity index (χ0v) is 17.0. The van der Waals surface area contributed by atoms with Crippen molar-refractivity contribution in [2.45, 2.75) is 26.5 Å². The van der Waals surface area contributed by atoms with Gasteiger partial charge in [0, 0.05) is 17.5 Å². The first-order chi connectivity index (χ1) is 13.8. The highest BCUT2D eigenvalue weighted by Gasteiger charge is 2.36. The number of fused-ring (bicyclic) bond motifs is 2. The van der Waals surface area contributed by atoms with Crippen molar-refractivity contribution in [3.05, 3.63) is 74.7 Å². The summed E-state index contributed by atoms with van der Waals surface area (Å²) in [5, 5.41) is 1.48. The first-order valence-electron chi connectivity index (χ1n) is 9.22. The van der Waals surface area contributed by atoms with Gasteiger partial charge in [-0.3, -0.25) is 19.3 Å². The maximum atomic E-state index is 12.9. The van der Waals surface area contributed by atoms with E-state index in [2.05, 4.69) is 0 Å². The average Bonchev–Trinajstić information content (AvgIpc) is 2.93. The highest BCUT2D eigenvalue weighted by Crippen LogP contribution is 2.33. The molecule has 0 fully saturated rings. The average molecular weight is 411 g/mol. The van der Waals surface area contributed by atoms with Crippen LogP contribution in [0.4, 0.5) is 0 Å². The lowest BCUT2D eigenvalue weighted by Gasteiger charge is -2.22. The third-order valence-corrected chi connectivity index (χ3v) is 5.20. The molecule has 6 nitrogen and oxygen atoms in total. The Hall–Kier alpha value is -3.12. The number of ether oxygens (including phenoxy) is 1. The molecular formula is C22H19ClN2O4. The van der Waals surface area contributed by atoms with Gasteiger partial charge in [0.2, 0.25) is 0 Å². The molecule has 148 valence electrons. The van der Waals surface area contributed by atoms with Crippen molar-refractivity contribution < 1.29 is 14.3 Å². The monoisotopic (exact) mass is 410 g/mol. The van der Waals surface area contributed by atoms with Crippen LogP contribution in [0.3, 0.4) is 0 Å². The third kappa shape index (κ3) is 3.09. The number of hydrogen-bond acceptors (Lipinski definition) is 4. The van der Waals surface area contributed by atoms with E-state index in [-0.39, 0.29) is 30.0 Å². The minimum atomic E-state index is -0.389. The predicted molar refractivity (Wildman–Crippen MR) is 111 cm³/mol. The first-order valence-corrected chi connectivity index (χ1v) is 9.60. The van der Waals surface area contributed by atoms with Gasteiger partial charge in [-0.15, -0.1) is 0 Å². The number of halogens is 1. The number of hydrogen-bond donors (Lipinski definition) is 0. The van der Waals surface area contributed by atoms with Gasteiger partial charge in [0.25, 0.3) is 17.4 Å². The number of nitrogens with zero attached hydrogens (tertiary/aromatic N) is 2. The van der Waals surface area contributed by atoms with Crippen molar-refractivity contribution in [3.8, 4) is 5.75 Å². The molecule has 0 saturated carbocycles. The van der Waals surface area contributed by atoms with E-state index < -0.39 is 0 Å². The van der Waals surface area contributed by atoms with Gasteiger partial charge in [0.15, 0.2) is 0 Å². The summed E-state index contributed by atoms with van der Waals surface area (Å²) in [6.45, 7) is 3.66. The summed E-state index contributed by atoms with van der Waals surface area (Å²) < 4.78 is 7.47. The molecule has 0 saturated heterocycles. The second-order valence-corrected chi connectivity index (χ2v) is 7.67. The molecule has 1 aliphatic heterocycles. The highest BCUT2D eigenvalue weighted by atomic mass is 35.5. The number of amides is 2. The number of benzene rings is 2. The molecule has 4 rings (SSSR count). The standard InChI is InChI=1S/C22H19ClN2O4/c1-12(2)29-19-17-10-13(23)8-9-16(17)20(26)24(3)18(19)11-25-21(27)14-6-4-5-7-15(14)22(25)28/h4-10,12H,11H2,1-3H3. The Labute approximate surface area is 172 Å². The Kier molecular flexibility index (Phi) is 4.67. The van der Waals surface area contributed by atoms with Crippen LogP contribution >= 0.6 is 11.6 Å². The molecule has 0 radical (unpaired) electrons. The minimum Gasteiger partial charge on any atom is -0.488 e. The zero-order chi connectivity index (χ0) is 20.9. The van der Waals surface area contributed by atoms with Gasteiger partial charge in [-0.05, 0) is 44.2 Å². The van der Waals surface area contributed by atoms with Crippen LogP contribution < -0.4 is 10.3 Å². The molecule has 0 spiro atoms. The van der Waals surface area contributed by atoms with Crippen molar-refractivity contribution in [2.75, 3.05) is 0 Å². The molecule has 0 unspecified atom stereocenters. The predicted octanol–water partition coefficient (Wildman–Crippen LogP) is 3.78. The quantitative estimate of drug-likeness (QED) is 0.614. The molecule has 29 heavy (non-hydrogen) atoms. The largest absolute Gasteiger partial charge is 0.488 e. The molecule has 2 heterocycles. The van der Waals surface area contributed by atoms with Crippen molar-refractivity contribution in [1.82, 2.24) is 9.47 Å². The summed E-state index contributed by atoms with van der Waals surface area (Å²) in [4.78, 5) is 39.7. The van der Waals surface area contributed by atoms with E-state index in [1.807, 2.05) is 13.8 Å². The van der Waals surface area contributed by atoms with Gasteiger partial charge in [0.05, 0.1) is 34.9 Å². The fraction of sp³-hybridized carbons (Fsp3) is 0.227. The van der Waals surface area contributed by atoms with Gasteiger partial charge >= 0.3 is 0 Å². The summed E-state index contributed by atoms with van der Waals surface area (Å²) in [5.74, 6) is -0.337. The fourth-order valence-corrected chi connectivity index (χ4v) is 3.75. The molecule has 2 amide bonds. The highest BCUT2D eigenvalue weighted by molar-refractivity contribution is 6.31. The Morgan fingerprint density at radius 1 is 0.966 bits per heavy atom. The number of carbonyl (C=O) groups excluding carboxylic acids is 2. The van der Waals surface area contributed by atoms with Crippen molar-refractivity contribution in [1.29, 1.82) is 0 Å². The second kappa shape index (κ2) is 7.04. The van der Waals surface area contributed by atoms with E-state index in [4.69, 9.17) is 16.3 Å². The van der Waals surface area contributed by atoms with Crippen LogP contribution in [0.1, 0.15) is 40.3 Å². The van der Waals surface area contributed by atoms with E-state index in [9.17, 15) is 14.4 Å². The normalized spacial score (nSPS) is 13.5. The van der Waals surface area contributed by atoms with E-state index in [1.54, 1.807) is 49.5 Å². The van der Waals surface area contributed by atoms with Crippen LogP contribution in [0.5, 0.6) is 5.75 Å². The molecule has 0 N–H and O–H groups in total. The molecule has 0 aliphatic carbocycles. The molecule has 1 aromatic heterocycles. The zero-order valence-electron chi connectivity index (χ0n) is 16.2. The van der Waals surface area contributed by atoms with Crippen molar-refractivity contribution in [2.24, 2.45) is 7.05 Å². The van der Waals surface area contributed by atoms with Crippen LogP contribution in [0, 0.1) is 0 Å². The van der Waals surface area contributed by atoms with Crippen LogP contribution in [0.15, 0.2) is 47.3 Å². The van der Waals surface area contributed by atoms with Crippen LogP contribution in [0.2, 0.25) is 5.02 Å². The summed E-state index contributed by atoms with van der Waals surface area (Å²) in [7, 11) is 1.61. The Morgan fingerprint density at radius 3 is 2.17 bits per heavy atom. The number of carbonyl (C=O) groups is 2. The maximum absolute atomic E-state index is 12.9. The lowest BCUT2D eigenvalue weighted by molar-refractivity contribution is 0.0637. The summed E-state index contributed by atoms with van der Waals surface area (Å²) >= 11 is 6.17. The summed E-state index contributed by atoms with van der Waals surface area (Å²) in [6, 6.07) is 11.7. The maximum Gasteiger partial charge on any atom is 0.261 e. The lowest BCUT2D eigenvalue weighted by atomic mass is 10.1. The number of imide groups is 1. The van der Waals surface area contributed by atoms with Crippen molar-refractivity contribution in [3.63, 3.8) is 0 Å². The molecule has 0 bridgehead atoms. The van der Waals surface area contributed by atoms with E-state index in [0.717, 1.165) is 4.90 Å². The first kappa shape index (κ1) is 19.2. The van der Waals surface area contributed by atoms with Crippen LogP contribution in [-0.2, 0) is 13.6 Å². The van der Waals surface area contributed by atoms with E-state index in [0.29, 0.717) is 38.4 Å². The van der Waals surface area contributed by atoms with E-state index >= 15 is 0 Å². The molecule has 3 aromatic rings. The van der Waals surface area contributed by atoms with Gasteiger partial charge in [-0.1, -0.05) is 23.7 Å². The molecular weight excluding hydrogens is 392 g/mol. The van der Waals surface area contributed by atoms with Crippen LogP contribution in [-0.4, -0.2) is 27.4 Å². The second-order valence-electron chi connectivity index (χ2n) is 7.24. The number of pyridine rings is 1. The molecule has 1 aliphatic rings. The topological polar surface area (TPSA) is 68.6 Å². The fourth-order valence-electron chi connectivity index (χ4n) is 3.58. The molecule has 7 heteroatoms. The van der Waals surface area contributed by atoms with E-state index in [1.165, 1.54) is 4.57 Å². The van der Waals surface area contributed by atoms with Gasteiger partial charge in [-0.25, -0.2) is 0 Å². The molecule has 0 atom stereocenters. The smallest absolute Gasteiger partial charge is 0.261 e. The lowest BCUT2D eigenvalue weighted by Crippen LogP contribution is -2.33. The summed E-state index contributed by atoms with van der Waals surface area (Å²) in [5.41, 5.74) is 0.905. The van der Waals surface area contributed by atoms with Gasteiger partial charge in [0.1, 0.15) is 5.75 Å². The third-order valence-electron chi connectivity index (χ3n) is 4.97. The number of rotatable bonds is 4. The van der Waals surface area contributed by atoms with Gasteiger partial charge in [-0.2, -0.15) is 0 Å². The Balaban J connectivity index is 1.90. The molecule has 2 aromatic carbocycles.